The zero-order valence-electron chi connectivity index (χ0n) is 3.98. The molecule has 0 amide bonds. The van der Waals surface area contributed by atoms with E-state index in [9.17, 15) is 0 Å². The van der Waals surface area contributed by atoms with Crippen molar-refractivity contribution in [2.24, 2.45) is 0 Å². The smallest absolute Gasteiger partial charge is 0.152 e. The first-order chi connectivity index (χ1) is 3.39. The molecule has 0 atom stereocenters. The SMILES string of the molecule is Br.Oc1cncnc1. The second-order valence-electron chi connectivity index (χ2n) is 1.10. The predicted molar refractivity (Wildman–Crippen MR) is 34.0 cm³/mol. The van der Waals surface area contributed by atoms with Crippen LogP contribution in [-0.4, -0.2) is 15.1 Å². The summed E-state index contributed by atoms with van der Waals surface area (Å²) < 4.78 is 0. The minimum Gasteiger partial charge on any atom is -0.505 e. The van der Waals surface area contributed by atoms with Gasteiger partial charge in [0, 0.05) is 0 Å². The Balaban J connectivity index is 0.000000490. The van der Waals surface area contributed by atoms with Crippen LogP contribution in [0.15, 0.2) is 18.7 Å². The molecule has 0 saturated heterocycles. The molecule has 0 unspecified atom stereocenters. The molecule has 1 N–H and O–H groups in total. The van der Waals surface area contributed by atoms with Gasteiger partial charge in [-0.3, -0.25) is 0 Å². The van der Waals surface area contributed by atoms with Crippen LogP contribution in [0.3, 0.4) is 0 Å². The molecule has 0 aliphatic heterocycles. The van der Waals surface area contributed by atoms with Crippen molar-refractivity contribution in [2.75, 3.05) is 0 Å². The second-order valence-corrected chi connectivity index (χ2v) is 1.10. The van der Waals surface area contributed by atoms with E-state index in [1.165, 1.54) is 18.7 Å². The van der Waals surface area contributed by atoms with Crippen molar-refractivity contribution in [2.45, 2.75) is 0 Å². The monoisotopic (exact) mass is 176 g/mol. The van der Waals surface area contributed by atoms with Gasteiger partial charge in [-0.2, -0.15) is 0 Å². The number of aromatic hydroxyl groups is 1. The van der Waals surface area contributed by atoms with E-state index < -0.39 is 0 Å². The Hall–Kier alpha value is -0.640. The van der Waals surface area contributed by atoms with Gasteiger partial charge in [-0.05, 0) is 0 Å². The average molecular weight is 177 g/mol. The highest BCUT2D eigenvalue weighted by atomic mass is 79.9. The molecular weight excluding hydrogens is 172 g/mol. The predicted octanol–water partition coefficient (Wildman–Crippen LogP) is 0.760. The second kappa shape index (κ2) is 3.37. The fourth-order valence-electron chi connectivity index (χ4n) is 0.291. The van der Waals surface area contributed by atoms with E-state index in [2.05, 4.69) is 9.97 Å². The molecule has 1 rings (SSSR count). The molecule has 0 bridgehead atoms. The summed E-state index contributed by atoms with van der Waals surface area (Å²) in [6, 6.07) is 0. The van der Waals surface area contributed by atoms with Crippen molar-refractivity contribution in [1.82, 2.24) is 9.97 Å². The molecule has 44 valence electrons. The summed E-state index contributed by atoms with van der Waals surface area (Å²) in [7, 11) is 0. The summed E-state index contributed by atoms with van der Waals surface area (Å²) in [4.78, 5) is 7.05. The summed E-state index contributed by atoms with van der Waals surface area (Å²) >= 11 is 0. The van der Waals surface area contributed by atoms with Crippen LogP contribution in [0.5, 0.6) is 5.75 Å². The first kappa shape index (κ1) is 7.36. The van der Waals surface area contributed by atoms with Gasteiger partial charge in [-0.25, -0.2) is 9.97 Å². The lowest BCUT2D eigenvalue weighted by Crippen LogP contribution is -1.70. The molecule has 8 heavy (non-hydrogen) atoms. The highest BCUT2D eigenvalue weighted by molar-refractivity contribution is 8.93. The maximum absolute atomic E-state index is 8.51. The highest BCUT2D eigenvalue weighted by Crippen LogP contribution is 1.96. The third kappa shape index (κ3) is 1.88. The molecule has 1 heterocycles. The van der Waals surface area contributed by atoms with Crippen LogP contribution in [0, 0.1) is 0 Å². The Morgan fingerprint density at radius 2 is 1.75 bits per heavy atom. The first-order valence-electron chi connectivity index (χ1n) is 1.83. The zero-order valence-corrected chi connectivity index (χ0v) is 5.70. The molecule has 4 heteroatoms. The summed E-state index contributed by atoms with van der Waals surface area (Å²) in [6.07, 6.45) is 4.01. The molecule has 0 saturated carbocycles. The minimum absolute atomic E-state index is 0. The van der Waals surface area contributed by atoms with Gasteiger partial charge in [0.05, 0.1) is 12.4 Å². The largest absolute Gasteiger partial charge is 0.505 e. The van der Waals surface area contributed by atoms with Crippen molar-refractivity contribution >= 4 is 17.0 Å². The van der Waals surface area contributed by atoms with Gasteiger partial charge in [0.25, 0.3) is 0 Å². The Morgan fingerprint density at radius 1 is 1.25 bits per heavy atom. The van der Waals surface area contributed by atoms with Crippen molar-refractivity contribution in [3.8, 4) is 5.75 Å². The molecule has 0 aliphatic rings. The van der Waals surface area contributed by atoms with Gasteiger partial charge < -0.3 is 5.11 Å². The topological polar surface area (TPSA) is 46.0 Å². The molecule has 0 fully saturated rings. The molecular formula is C4H5BrN2O. The molecule has 0 aliphatic carbocycles. The Bertz CT molecular complexity index is 144. The van der Waals surface area contributed by atoms with Gasteiger partial charge in [-0.1, -0.05) is 0 Å². The number of nitrogens with zero attached hydrogens (tertiary/aromatic N) is 2. The maximum Gasteiger partial charge on any atom is 0.152 e. The fourth-order valence-corrected chi connectivity index (χ4v) is 0.291. The summed E-state index contributed by atoms with van der Waals surface area (Å²) in [5.41, 5.74) is 0. The van der Waals surface area contributed by atoms with Crippen LogP contribution in [-0.2, 0) is 0 Å². The standard InChI is InChI=1S/C4H4N2O.BrH/c7-4-1-5-3-6-2-4;/h1-3,7H;1H. The minimum atomic E-state index is 0. The lowest BCUT2D eigenvalue weighted by molar-refractivity contribution is 0.469. The lowest BCUT2D eigenvalue weighted by Gasteiger charge is -1.81. The third-order valence-corrected chi connectivity index (χ3v) is 0.547. The number of hydrogen-bond donors (Lipinski definition) is 1. The van der Waals surface area contributed by atoms with E-state index in [1.807, 2.05) is 0 Å². The fraction of sp³-hybridized carbons (Fsp3) is 0. The summed E-state index contributed by atoms with van der Waals surface area (Å²) in [5.74, 6) is 0.0995. The molecule has 1 aromatic heterocycles. The maximum atomic E-state index is 8.51. The van der Waals surface area contributed by atoms with Crippen LogP contribution < -0.4 is 0 Å². The van der Waals surface area contributed by atoms with Gasteiger partial charge in [-0.15, -0.1) is 17.0 Å². The van der Waals surface area contributed by atoms with E-state index in [4.69, 9.17) is 5.11 Å². The lowest BCUT2D eigenvalue weighted by atomic mass is 10.6. The van der Waals surface area contributed by atoms with Crippen molar-refractivity contribution in [3.63, 3.8) is 0 Å². The number of aromatic nitrogens is 2. The van der Waals surface area contributed by atoms with E-state index >= 15 is 0 Å². The van der Waals surface area contributed by atoms with Crippen LogP contribution in [0.1, 0.15) is 0 Å². The molecule has 3 nitrogen and oxygen atoms in total. The van der Waals surface area contributed by atoms with Crippen LogP contribution in [0.25, 0.3) is 0 Å². The van der Waals surface area contributed by atoms with Gasteiger partial charge in [0.1, 0.15) is 6.33 Å². The van der Waals surface area contributed by atoms with Gasteiger partial charge >= 0.3 is 0 Å². The first-order valence-corrected chi connectivity index (χ1v) is 1.83. The van der Waals surface area contributed by atoms with Crippen LogP contribution in [0.2, 0.25) is 0 Å². The third-order valence-electron chi connectivity index (χ3n) is 0.547. The van der Waals surface area contributed by atoms with Gasteiger partial charge in [0.2, 0.25) is 0 Å². The normalized spacial score (nSPS) is 7.50. The Kier molecular flexibility index (Phi) is 3.10. The van der Waals surface area contributed by atoms with Gasteiger partial charge in [0.15, 0.2) is 5.75 Å². The summed E-state index contributed by atoms with van der Waals surface area (Å²) in [5, 5.41) is 8.51. The molecule has 0 spiro atoms. The molecule has 0 aromatic carbocycles. The van der Waals surface area contributed by atoms with Crippen LogP contribution >= 0.6 is 17.0 Å². The summed E-state index contributed by atoms with van der Waals surface area (Å²) in [6.45, 7) is 0. The van der Waals surface area contributed by atoms with E-state index in [0.717, 1.165) is 0 Å². The van der Waals surface area contributed by atoms with Crippen molar-refractivity contribution in [1.29, 1.82) is 0 Å². The molecule has 1 aromatic rings. The molecule has 0 radical (unpaired) electrons. The van der Waals surface area contributed by atoms with Crippen LogP contribution in [0.4, 0.5) is 0 Å². The number of hydrogen-bond acceptors (Lipinski definition) is 3. The number of rotatable bonds is 0. The Labute approximate surface area is 57.2 Å². The Morgan fingerprint density at radius 3 is 2.00 bits per heavy atom. The highest BCUT2D eigenvalue weighted by Gasteiger charge is 1.77. The van der Waals surface area contributed by atoms with E-state index in [0.29, 0.717) is 0 Å². The van der Waals surface area contributed by atoms with E-state index in [1.54, 1.807) is 0 Å². The number of halogens is 1. The van der Waals surface area contributed by atoms with Crippen molar-refractivity contribution < 1.29 is 5.11 Å². The van der Waals surface area contributed by atoms with Crippen molar-refractivity contribution in [3.05, 3.63) is 18.7 Å². The quantitative estimate of drug-likeness (QED) is 0.636. The average Bonchev–Trinajstić information content (AvgIpc) is 1.69. The van der Waals surface area contributed by atoms with E-state index in [-0.39, 0.29) is 22.7 Å². The zero-order chi connectivity index (χ0) is 5.11.